The van der Waals surface area contributed by atoms with Crippen LogP contribution >= 0.6 is 15.9 Å². The lowest BCUT2D eigenvalue weighted by molar-refractivity contribution is -0.117. The Hall–Kier alpha value is -1.13. The molecule has 1 heterocycles. The number of likely N-dealkylation sites (tertiary alicyclic amines) is 1. The van der Waals surface area contributed by atoms with Gasteiger partial charge in [0.2, 0.25) is 0 Å². The average molecular weight is 296 g/mol. The molecule has 1 aromatic rings. The molecule has 1 fully saturated rings. The number of hydrogen-bond donors (Lipinski definition) is 1. The van der Waals surface area contributed by atoms with Gasteiger partial charge in [0.15, 0.2) is 5.78 Å². The van der Waals surface area contributed by atoms with E-state index < -0.39 is 0 Å². The SMILES string of the molecule is CN1CCC(=O)/C(=C/c2ccc(O)c(Br)c2)C1. The second kappa shape index (κ2) is 5.02. The summed E-state index contributed by atoms with van der Waals surface area (Å²) in [5.41, 5.74) is 1.75. The van der Waals surface area contributed by atoms with Crippen LogP contribution in [0.25, 0.3) is 6.08 Å². The van der Waals surface area contributed by atoms with E-state index in [0.29, 0.717) is 17.4 Å². The molecule has 1 saturated heterocycles. The molecule has 0 saturated carbocycles. The van der Waals surface area contributed by atoms with E-state index in [4.69, 9.17) is 0 Å². The molecule has 0 aromatic heterocycles. The summed E-state index contributed by atoms with van der Waals surface area (Å²) in [4.78, 5) is 13.9. The predicted molar refractivity (Wildman–Crippen MR) is 70.9 cm³/mol. The quantitative estimate of drug-likeness (QED) is 0.809. The number of rotatable bonds is 1. The lowest BCUT2D eigenvalue weighted by atomic mass is 10.0. The third-order valence-corrected chi connectivity index (χ3v) is 3.47. The van der Waals surface area contributed by atoms with Gasteiger partial charge in [0.25, 0.3) is 0 Å². The van der Waals surface area contributed by atoms with Crippen molar-refractivity contribution in [3.05, 3.63) is 33.8 Å². The Bertz CT molecular complexity index is 482. The third kappa shape index (κ3) is 2.96. The van der Waals surface area contributed by atoms with Gasteiger partial charge in [0.05, 0.1) is 4.47 Å². The van der Waals surface area contributed by atoms with E-state index in [0.717, 1.165) is 17.7 Å². The summed E-state index contributed by atoms with van der Waals surface area (Å²) in [6.07, 6.45) is 2.48. The van der Waals surface area contributed by atoms with Crippen LogP contribution in [-0.4, -0.2) is 35.9 Å². The van der Waals surface area contributed by atoms with Crippen molar-refractivity contribution in [1.29, 1.82) is 0 Å². The zero-order chi connectivity index (χ0) is 12.4. The normalized spacial score (nSPS) is 19.9. The van der Waals surface area contributed by atoms with Crippen LogP contribution in [0.15, 0.2) is 28.2 Å². The molecule has 1 N–H and O–H groups in total. The summed E-state index contributed by atoms with van der Waals surface area (Å²) >= 11 is 3.26. The maximum Gasteiger partial charge on any atom is 0.161 e. The van der Waals surface area contributed by atoms with Gasteiger partial charge in [0, 0.05) is 25.1 Å². The number of piperidine rings is 1. The Morgan fingerprint density at radius 1 is 1.47 bits per heavy atom. The van der Waals surface area contributed by atoms with Crippen LogP contribution in [-0.2, 0) is 4.79 Å². The molecule has 2 rings (SSSR count). The van der Waals surface area contributed by atoms with Gasteiger partial charge in [-0.05, 0) is 46.7 Å². The third-order valence-electron chi connectivity index (χ3n) is 2.83. The average Bonchev–Trinajstić information content (AvgIpc) is 2.29. The van der Waals surface area contributed by atoms with Crippen LogP contribution in [0.1, 0.15) is 12.0 Å². The van der Waals surface area contributed by atoms with Crippen molar-refractivity contribution < 1.29 is 9.90 Å². The van der Waals surface area contributed by atoms with Gasteiger partial charge in [-0.1, -0.05) is 6.07 Å². The lowest BCUT2D eigenvalue weighted by Gasteiger charge is -2.23. The molecule has 90 valence electrons. The number of likely N-dealkylation sites (N-methyl/N-ethyl adjacent to an activating group) is 1. The van der Waals surface area contributed by atoms with E-state index >= 15 is 0 Å². The van der Waals surface area contributed by atoms with Crippen LogP contribution < -0.4 is 0 Å². The highest BCUT2D eigenvalue weighted by atomic mass is 79.9. The second-order valence-electron chi connectivity index (χ2n) is 4.29. The molecule has 0 bridgehead atoms. The number of carbonyl (C=O) groups excluding carboxylic acids is 1. The van der Waals surface area contributed by atoms with Gasteiger partial charge >= 0.3 is 0 Å². The zero-order valence-electron chi connectivity index (χ0n) is 9.61. The van der Waals surface area contributed by atoms with Gasteiger partial charge in [-0.25, -0.2) is 0 Å². The van der Waals surface area contributed by atoms with Crippen LogP contribution in [0, 0.1) is 0 Å². The van der Waals surface area contributed by atoms with Crippen LogP contribution in [0.2, 0.25) is 0 Å². The Morgan fingerprint density at radius 3 is 2.94 bits per heavy atom. The minimum Gasteiger partial charge on any atom is -0.507 e. The number of aromatic hydroxyl groups is 1. The number of Topliss-reactive ketones (excluding diaryl/α,β-unsaturated/α-hetero) is 1. The molecule has 1 aliphatic rings. The summed E-state index contributed by atoms with van der Waals surface area (Å²) < 4.78 is 0.642. The first kappa shape index (κ1) is 12.3. The first-order valence-corrected chi connectivity index (χ1v) is 6.26. The van der Waals surface area contributed by atoms with Crippen molar-refractivity contribution in [2.24, 2.45) is 0 Å². The van der Waals surface area contributed by atoms with E-state index in [1.165, 1.54) is 0 Å². The Labute approximate surface area is 109 Å². The van der Waals surface area contributed by atoms with Crippen molar-refractivity contribution >= 4 is 27.8 Å². The van der Waals surface area contributed by atoms with E-state index in [1.807, 2.05) is 19.2 Å². The fourth-order valence-corrected chi connectivity index (χ4v) is 2.25. The molecule has 0 atom stereocenters. The highest BCUT2D eigenvalue weighted by Gasteiger charge is 2.18. The van der Waals surface area contributed by atoms with Crippen LogP contribution in [0.3, 0.4) is 0 Å². The van der Waals surface area contributed by atoms with E-state index in [1.54, 1.807) is 12.1 Å². The summed E-state index contributed by atoms with van der Waals surface area (Å²) in [7, 11) is 2.01. The van der Waals surface area contributed by atoms with Gasteiger partial charge in [-0.15, -0.1) is 0 Å². The standard InChI is InChI=1S/C13H14BrNO2/c1-15-5-4-12(16)10(8-15)6-9-2-3-13(17)11(14)7-9/h2-3,6-7,17H,4-5,8H2,1H3/b10-6+. The smallest absolute Gasteiger partial charge is 0.161 e. The first-order valence-electron chi connectivity index (χ1n) is 5.47. The molecular weight excluding hydrogens is 282 g/mol. The van der Waals surface area contributed by atoms with Crippen LogP contribution in [0.4, 0.5) is 0 Å². The molecule has 1 aromatic carbocycles. The highest BCUT2D eigenvalue weighted by Crippen LogP contribution is 2.25. The fourth-order valence-electron chi connectivity index (χ4n) is 1.85. The Balaban J connectivity index is 2.28. The van der Waals surface area contributed by atoms with Crippen LogP contribution in [0.5, 0.6) is 5.75 Å². The molecule has 0 spiro atoms. The minimum atomic E-state index is 0.208. The van der Waals surface area contributed by atoms with Gasteiger partial charge < -0.3 is 10.0 Å². The summed E-state index contributed by atoms with van der Waals surface area (Å²) in [6, 6.07) is 5.23. The number of carbonyl (C=O) groups is 1. The molecule has 0 amide bonds. The summed E-state index contributed by atoms with van der Waals surface area (Å²) in [6.45, 7) is 1.52. The number of ketones is 1. The zero-order valence-corrected chi connectivity index (χ0v) is 11.2. The first-order chi connectivity index (χ1) is 8.06. The molecule has 0 radical (unpaired) electrons. The molecule has 0 aliphatic carbocycles. The van der Waals surface area contributed by atoms with Crippen molar-refractivity contribution in [3.63, 3.8) is 0 Å². The summed E-state index contributed by atoms with van der Waals surface area (Å²) in [5, 5.41) is 9.40. The molecule has 4 heteroatoms. The monoisotopic (exact) mass is 295 g/mol. The van der Waals surface area contributed by atoms with Gasteiger partial charge in [-0.2, -0.15) is 0 Å². The number of nitrogens with zero attached hydrogens (tertiary/aromatic N) is 1. The lowest BCUT2D eigenvalue weighted by Crippen LogP contribution is -2.32. The maximum absolute atomic E-state index is 11.7. The Morgan fingerprint density at radius 2 is 2.24 bits per heavy atom. The van der Waals surface area contributed by atoms with E-state index in [-0.39, 0.29) is 11.5 Å². The number of phenols is 1. The molecule has 1 aliphatic heterocycles. The van der Waals surface area contributed by atoms with Crippen molar-refractivity contribution in [1.82, 2.24) is 4.90 Å². The predicted octanol–water partition coefficient (Wildman–Crippen LogP) is 2.44. The number of benzene rings is 1. The fraction of sp³-hybridized carbons (Fsp3) is 0.308. The van der Waals surface area contributed by atoms with Crippen molar-refractivity contribution in [2.45, 2.75) is 6.42 Å². The molecule has 3 nitrogen and oxygen atoms in total. The maximum atomic E-state index is 11.7. The topological polar surface area (TPSA) is 40.5 Å². The Kier molecular flexibility index (Phi) is 3.64. The minimum absolute atomic E-state index is 0.208. The number of hydrogen-bond acceptors (Lipinski definition) is 3. The summed E-state index contributed by atoms with van der Waals surface area (Å²) in [5.74, 6) is 0.423. The second-order valence-corrected chi connectivity index (χ2v) is 5.15. The number of halogens is 1. The van der Waals surface area contributed by atoms with E-state index in [2.05, 4.69) is 20.8 Å². The molecule has 0 unspecified atom stereocenters. The van der Waals surface area contributed by atoms with Crippen molar-refractivity contribution in [3.8, 4) is 5.75 Å². The van der Waals surface area contributed by atoms with Gasteiger partial charge in [-0.3, -0.25) is 4.79 Å². The largest absolute Gasteiger partial charge is 0.507 e. The highest BCUT2D eigenvalue weighted by molar-refractivity contribution is 9.10. The number of phenolic OH excluding ortho intramolecular Hbond substituents is 1. The van der Waals surface area contributed by atoms with Crippen molar-refractivity contribution in [2.75, 3.05) is 20.1 Å². The van der Waals surface area contributed by atoms with Gasteiger partial charge in [0.1, 0.15) is 5.75 Å². The molecule has 17 heavy (non-hydrogen) atoms. The molecular formula is C13H14BrNO2. The van der Waals surface area contributed by atoms with E-state index in [9.17, 15) is 9.90 Å².